The van der Waals surface area contributed by atoms with Crippen molar-refractivity contribution < 1.29 is 4.79 Å². The Kier molecular flexibility index (Phi) is 6.87. The smallest absolute Gasteiger partial charge is 0.236 e. The van der Waals surface area contributed by atoms with Gasteiger partial charge < -0.3 is 15.1 Å². The molecular weight excluding hydrogens is 274 g/mol. The van der Waals surface area contributed by atoms with Gasteiger partial charge in [0.05, 0.1) is 6.54 Å². The standard InChI is InChI=1S/C18H29N3O/c1-20(2)13-11-17-10-6-7-12-21(17)18(22)15-19-14-16-8-4-3-5-9-16/h3-5,8-9,17,19H,6-7,10-15H2,1-2H3/t17-/m1/s1. The van der Waals surface area contributed by atoms with Crippen LogP contribution in [0.1, 0.15) is 31.2 Å². The van der Waals surface area contributed by atoms with Gasteiger partial charge in [-0.1, -0.05) is 30.3 Å². The maximum atomic E-state index is 12.5. The highest BCUT2D eigenvalue weighted by atomic mass is 16.2. The molecule has 0 spiro atoms. The average molecular weight is 303 g/mol. The first-order chi connectivity index (χ1) is 10.7. The van der Waals surface area contributed by atoms with Gasteiger partial charge in [-0.15, -0.1) is 0 Å². The van der Waals surface area contributed by atoms with Crippen molar-refractivity contribution >= 4 is 5.91 Å². The Hall–Kier alpha value is -1.39. The van der Waals surface area contributed by atoms with E-state index in [1.54, 1.807) is 0 Å². The van der Waals surface area contributed by atoms with E-state index in [-0.39, 0.29) is 5.91 Å². The lowest BCUT2D eigenvalue weighted by molar-refractivity contribution is -0.134. The van der Waals surface area contributed by atoms with E-state index in [4.69, 9.17) is 0 Å². The third kappa shape index (κ3) is 5.43. The van der Waals surface area contributed by atoms with E-state index in [2.05, 4.69) is 41.3 Å². The molecule has 0 unspecified atom stereocenters. The minimum atomic E-state index is 0.249. The monoisotopic (exact) mass is 303 g/mol. The molecule has 1 aliphatic rings. The Labute approximate surface area is 134 Å². The molecule has 1 saturated heterocycles. The predicted octanol–water partition coefficient (Wildman–Crippen LogP) is 2.11. The van der Waals surface area contributed by atoms with E-state index in [9.17, 15) is 4.79 Å². The normalized spacial score (nSPS) is 18.7. The first-order valence-electron chi connectivity index (χ1n) is 8.35. The first kappa shape index (κ1) is 17.0. The van der Waals surface area contributed by atoms with Gasteiger partial charge in [-0.3, -0.25) is 4.79 Å². The molecule has 1 N–H and O–H groups in total. The maximum absolute atomic E-state index is 12.5. The van der Waals surface area contributed by atoms with Gasteiger partial charge in [-0.2, -0.15) is 0 Å². The van der Waals surface area contributed by atoms with Gasteiger partial charge in [0.25, 0.3) is 0 Å². The Morgan fingerprint density at radius 3 is 2.77 bits per heavy atom. The molecule has 2 rings (SSSR count). The van der Waals surface area contributed by atoms with Crippen molar-refractivity contribution in [2.75, 3.05) is 33.7 Å². The van der Waals surface area contributed by atoms with Crippen molar-refractivity contribution in [2.24, 2.45) is 0 Å². The van der Waals surface area contributed by atoms with E-state index in [0.29, 0.717) is 12.6 Å². The molecule has 1 amide bonds. The minimum absolute atomic E-state index is 0.249. The van der Waals surface area contributed by atoms with E-state index in [0.717, 1.165) is 38.9 Å². The van der Waals surface area contributed by atoms with Crippen LogP contribution >= 0.6 is 0 Å². The van der Waals surface area contributed by atoms with Crippen LogP contribution < -0.4 is 5.32 Å². The molecule has 0 saturated carbocycles. The van der Waals surface area contributed by atoms with Crippen LogP contribution in [-0.4, -0.2) is 55.5 Å². The number of nitrogens with one attached hydrogen (secondary N) is 1. The summed E-state index contributed by atoms with van der Waals surface area (Å²) in [6.07, 6.45) is 4.62. The van der Waals surface area contributed by atoms with Crippen LogP contribution in [0.2, 0.25) is 0 Å². The summed E-state index contributed by atoms with van der Waals surface area (Å²) in [6, 6.07) is 10.7. The zero-order valence-electron chi connectivity index (χ0n) is 13.9. The van der Waals surface area contributed by atoms with Crippen molar-refractivity contribution in [2.45, 2.75) is 38.3 Å². The number of hydrogen-bond acceptors (Lipinski definition) is 3. The largest absolute Gasteiger partial charge is 0.339 e. The second-order valence-electron chi connectivity index (χ2n) is 6.42. The fourth-order valence-electron chi connectivity index (χ4n) is 3.05. The second kappa shape index (κ2) is 8.91. The molecule has 1 heterocycles. The Balaban J connectivity index is 1.78. The molecule has 1 fully saturated rings. The van der Waals surface area contributed by atoms with Crippen LogP contribution in [0.5, 0.6) is 0 Å². The molecule has 0 aliphatic carbocycles. The van der Waals surface area contributed by atoms with Crippen LogP contribution in [0.4, 0.5) is 0 Å². The summed E-state index contributed by atoms with van der Waals surface area (Å²) in [5, 5.41) is 3.28. The molecule has 4 nitrogen and oxygen atoms in total. The van der Waals surface area contributed by atoms with Crippen LogP contribution in [0.25, 0.3) is 0 Å². The topological polar surface area (TPSA) is 35.6 Å². The predicted molar refractivity (Wildman–Crippen MR) is 90.7 cm³/mol. The zero-order valence-corrected chi connectivity index (χ0v) is 13.9. The van der Waals surface area contributed by atoms with Gasteiger partial charge in [-0.25, -0.2) is 0 Å². The number of carbonyl (C=O) groups is 1. The lowest BCUT2D eigenvalue weighted by Crippen LogP contribution is -2.48. The van der Waals surface area contributed by atoms with Crippen LogP contribution in [-0.2, 0) is 11.3 Å². The van der Waals surface area contributed by atoms with Crippen molar-refractivity contribution in [3.05, 3.63) is 35.9 Å². The number of benzene rings is 1. The van der Waals surface area contributed by atoms with E-state index >= 15 is 0 Å². The fraction of sp³-hybridized carbons (Fsp3) is 0.611. The van der Waals surface area contributed by atoms with Gasteiger partial charge in [-0.05, 0) is 51.9 Å². The van der Waals surface area contributed by atoms with Gasteiger partial charge in [0, 0.05) is 19.1 Å². The second-order valence-corrected chi connectivity index (χ2v) is 6.42. The van der Waals surface area contributed by atoms with Crippen LogP contribution in [0, 0.1) is 0 Å². The van der Waals surface area contributed by atoms with Crippen molar-refractivity contribution in [3.63, 3.8) is 0 Å². The molecule has 0 aromatic heterocycles. The molecule has 1 aliphatic heterocycles. The van der Waals surface area contributed by atoms with Gasteiger partial charge >= 0.3 is 0 Å². The average Bonchev–Trinajstić information content (AvgIpc) is 2.54. The van der Waals surface area contributed by atoms with Gasteiger partial charge in [0.1, 0.15) is 0 Å². The summed E-state index contributed by atoms with van der Waals surface area (Å²) in [7, 11) is 4.19. The number of nitrogens with zero attached hydrogens (tertiary/aromatic N) is 2. The number of piperidine rings is 1. The molecule has 122 valence electrons. The number of carbonyl (C=O) groups excluding carboxylic acids is 1. The maximum Gasteiger partial charge on any atom is 0.236 e. The van der Waals surface area contributed by atoms with Crippen molar-refractivity contribution in [1.29, 1.82) is 0 Å². The Morgan fingerprint density at radius 1 is 1.27 bits per heavy atom. The van der Waals surface area contributed by atoms with Gasteiger partial charge in [0.15, 0.2) is 0 Å². The van der Waals surface area contributed by atoms with Crippen LogP contribution in [0.15, 0.2) is 30.3 Å². The van der Waals surface area contributed by atoms with Crippen molar-refractivity contribution in [1.82, 2.24) is 15.1 Å². The summed E-state index contributed by atoms with van der Waals surface area (Å²) in [6.45, 7) is 3.16. The SMILES string of the molecule is CN(C)CC[C@H]1CCCCN1C(=O)CNCc1ccccc1. The first-order valence-corrected chi connectivity index (χ1v) is 8.35. The molecule has 1 aromatic rings. The Bertz CT molecular complexity index is 447. The minimum Gasteiger partial charge on any atom is -0.339 e. The molecule has 22 heavy (non-hydrogen) atoms. The summed E-state index contributed by atoms with van der Waals surface area (Å²) < 4.78 is 0. The summed E-state index contributed by atoms with van der Waals surface area (Å²) in [4.78, 5) is 16.8. The number of hydrogen-bond donors (Lipinski definition) is 1. The third-order valence-corrected chi connectivity index (χ3v) is 4.31. The number of likely N-dealkylation sites (tertiary alicyclic amines) is 1. The number of rotatable bonds is 7. The van der Waals surface area contributed by atoms with E-state index in [1.807, 2.05) is 18.2 Å². The number of amides is 1. The lowest BCUT2D eigenvalue weighted by atomic mass is 9.99. The Morgan fingerprint density at radius 2 is 2.05 bits per heavy atom. The molecular formula is C18H29N3O. The highest BCUT2D eigenvalue weighted by Gasteiger charge is 2.25. The molecule has 1 atom stereocenters. The van der Waals surface area contributed by atoms with Crippen molar-refractivity contribution in [3.8, 4) is 0 Å². The summed E-state index contributed by atoms with van der Waals surface area (Å²) in [5.41, 5.74) is 1.22. The fourth-order valence-corrected chi connectivity index (χ4v) is 3.05. The highest BCUT2D eigenvalue weighted by molar-refractivity contribution is 5.78. The zero-order chi connectivity index (χ0) is 15.8. The molecule has 0 bridgehead atoms. The lowest BCUT2D eigenvalue weighted by Gasteiger charge is -2.36. The van der Waals surface area contributed by atoms with Gasteiger partial charge in [0.2, 0.25) is 5.91 Å². The van der Waals surface area contributed by atoms with E-state index in [1.165, 1.54) is 12.0 Å². The molecule has 1 aromatic carbocycles. The van der Waals surface area contributed by atoms with E-state index < -0.39 is 0 Å². The third-order valence-electron chi connectivity index (χ3n) is 4.31. The highest BCUT2D eigenvalue weighted by Crippen LogP contribution is 2.19. The van der Waals surface area contributed by atoms with Crippen LogP contribution in [0.3, 0.4) is 0 Å². The summed E-state index contributed by atoms with van der Waals surface area (Å²) in [5.74, 6) is 0.249. The summed E-state index contributed by atoms with van der Waals surface area (Å²) >= 11 is 0. The molecule has 0 radical (unpaired) electrons. The molecule has 4 heteroatoms. The quantitative estimate of drug-likeness (QED) is 0.838.